The molecule has 0 bridgehead atoms. The molecule has 1 saturated heterocycles. The largest absolute Gasteiger partial charge is 0.363 e. The lowest BCUT2D eigenvalue weighted by atomic mass is 9.93. The molecule has 0 unspecified atom stereocenters. The lowest BCUT2D eigenvalue weighted by Crippen LogP contribution is -2.39. The number of carbonyl (C=O) groups is 1. The molecule has 1 fully saturated rings. The van der Waals surface area contributed by atoms with Crippen molar-refractivity contribution < 1.29 is 4.79 Å². The summed E-state index contributed by atoms with van der Waals surface area (Å²) in [6.07, 6.45) is 5.52. The summed E-state index contributed by atoms with van der Waals surface area (Å²) >= 11 is 1.62. The third-order valence-corrected chi connectivity index (χ3v) is 6.08. The fourth-order valence-electron chi connectivity index (χ4n) is 3.66. The number of likely N-dealkylation sites (tertiary alicyclic amines) is 1. The van der Waals surface area contributed by atoms with Crippen molar-refractivity contribution in [3.63, 3.8) is 0 Å². The topological polar surface area (TPSA) is 62.2 Å². The molecule has 150 valence electrons. The van der Waals surface area contributed by atoms with Crippen LogP contribution < -0.4 is 4.90 Å². The van der Waals surface area contributed by atoms with Crippen molar-refractivity contribution in [2.24, 2.45) is 0 Å². The molecule has 0 spiro atoms. The second-order valence-electron chi connectivity index (χ2n) is 7.65. The first-order valence-electron chi connectivity index (χ1n) is 9.82. The van der Waals surface area contributed by atoms with Gasteiger partial charge in [-0.1, -0.05) is 0 Å². The van der Waals surface area contributed by atoms with Gasteiger partial charge < -0.3 is 9.80 Å². The minimum absolute atomic E-state index is 0.119. The maximum Gasteiger partial charge on any atom is 0.254 e. The van der Waals surface area contributed by atoms with Crippen molar-refractivity contribution in [1.29, 1.82) is 0 Å². The number of piperidine rings is 1. The van der Waals surface area contributed by atoms with E-state index in [1.165, 1.54) is 0 Å². The zero-order valence-electron chi connectivity index (χ0n) is 17.0. The van der Waals surface area contributed by atoms with Gasteiger partial charge >= 0.3 is 0 Å². The molecule has 0 saturated carbocycles. The van der Waals surface area contributed by atoms with Crippen molar-refractivity contribution >= 4 is 23.1 Å². The normalized spacial score (nSPS) is 16.7. The van der Waals surface area contributed by atoms with Crippen molar-refractivity contribution in [3.8, 4) is 11.4 Å². The number of aromatic nitrogens is 3. The SMILES string of the molecule is Cc1cc(C(=O)N2CCC[C@@H](c3cc(N(C)C)nc(-c4cccnc4)n3)C2)cs1. The molecule has 1 aliphatic rings. The number of anilines is 1. The van der Waals surface area contributed by atoms with Crippen LogP contribution in [0.25, 0.3) is 11.4 Å². The molecule has 1 aliphatic heterocycles. The third kappa shape index (κ3) is 4.29. The summed E-state index contributed by atoms with van der Waals surface area (Å²) < 4.78 is 0. The van der Waals surface area contributed by atoms with Crippen LogP contribution in [0.1, 0.15) is 39.7 Å². The van der Waals surface area contributed by atoms with Crippen molar-refractivity contribution in [1.82, 2.24) is 19.9 Å². The zero-order chi connectivity index (χ0) is 20.4. The van der Waals surface area contributed by atoms with Crippen molar-refractivity contribution in [2.75, 3.05) is 32.1 Å². The lowest BCUT2D eigenvalue weighted by molar-refractivity contribution is 0.0706. The Morgan fingerprint density at radius 2 is 2.14 bits per heavy atom. The predicted octanol–water partition coefficient (Wildman–Crippen LogP) is 3.99. The number of amides is 1. The van der Waals surface area contributed by atoms with Gasteiger partial charge in [0.2, 0.25) is 0 Å². The average molecular weight is 408 g/mol. The van der Waals surface area contributed by atoms with Crippen LogP contribution in [0.4, 0.5) is 5.82 Å². The monoisotopic (exact) mass is 407 g/mol. The molecule has 3 aromatic rings. The minimum Gasteiger partial charge on any atom is -0.363 e. The highest BCUT2D eigenvalue weighted by Crippen LogP contribution is 2.30. The number of aryl methyl sites for hydroxylation is 1. The second kappa shape index (κ2) is 8.29. The number of rotatable bonds is 4. The number of nitrogens with zero attached hydrogens (tertiary/aromatic N) is 5. The average Bonchev–Trinajstić information content (AvgIpc) is 3.20. The first-order valence-corrected chi connectivity index (χ1v) is 10.7. The van der Waals surface area contributed by atoms with E-state index in [0.29, 0.717) is 12.4 Å². The molecule has 1 amide bonds. The van der Waals surface area contributed by atoms with Crippen LogP contribution in [0.15, 0.2) is 42.0 Å². The Hall–Kier alpha value is -2.80. The Balaban J connectivity index is 1.63. The van der Waals surface area contributed by atoms with Gasteiger partial charge in [0.15, 0.2) is 5.82 Å². The number of hydrogen-bond acceptors (Lipinski definition) is 6. The maximum absolute atomic E-state index is 12.9. The van der Waals surface area contributed by atoms with E-state index >= 15 is 0 Å². The highest BCUT2D eigenvalue weighted by atomic mass is 32.1. The number of pyridine rings is 1. The van der Waals surface area contributed by atoms with Crippen LogP contribution in [0, 0.1) is 6.92 Å². The summed E-state index contributed by atoms with van der Waals surface area (Å²) in [5.74, 6) is 1.86. The summed E-state index contributed by atoms with van der Waals surface area (Å²) in [5.41, 5.74) is 2.68. The maximum atomic E-state index is 12.9. The summed E-state index contributed by atoms with van der Waals surface area (Å²) in [4.78, 5) is 31.8. The van der Waals surface area contributed by atoms with Gasteiger partial charge in [-0.3, -0.25) is 9.78 Å². The lowest BCUT2D eigenvalue weighted by Gasteiger charge is -2.32. The first-order chi connectivity index (χ1) is 14.0. The smallest absolute Gasteiger partial charge is 0.254 e. The number of carbonyl (C=O) groups excluding carboxylic acids is 1. The van der Waals surface area contributed by atoms with Gasteiger partial charge in [-0.25, -0.2) is 9.97 Å². The molecular formula is C22H25N5OS. The summed E-state index contributed by atoms with van der Waals surface area (Å²) in [6.45, 7) is 3.51. The summed E-state index contributed by atoms with van der Waals surface area (Å²) in [5, 5.41) is 1.95. The number of hydrogen-bond donors (Lipinski definition) is 0. The molecular weight excluding hydrogens is 382 g/mol. The fourth-order valence-corrected chi connectivity index (χ4v) is 4.33. The Labute approximate surface area is 175 Å². The molecule has 7 heteroatoms. The van der Waals surface area contributed by atoms with E-state index in [9.17, 15) is 4.79 Å². The quantitative estimate of drug-likeness (QED) is 0.654. The van der Waals surface area contributed by atoms with Gasteiger partial charge in [-0.15, -0.1) is 11.3 Å². The molecule has 0 N–H and O–H groups in total. The molecule has 0 aromatic carbocycles. The van der Waals surface area contributed by atoms with Crippen LogP contribution in [0.3, 0.4) is 0 Å². The molecule has 4 rings (SSSR count). The zero-order valence-corrected chi connectivity index (χ0v) is 17.8. The molecule has 6 nitrogen and oxygen atoms in total. The van der Waals surface area contributed by atoms with E-state index in [-0.39, 0.29) is 11.8 Å². The van der Waals surface area contributed by atoms with Gasteiger partial charge in [0, 0.05) is 67.4 Å². The Morgan fingerprint density at radius 3 is 2.83 bits per heavy atom. The molecule has 0 aliphatic carbocycles. The Bertz CT molecular complexity index is 1000. The van der Waals surface area contributed by atoms with E-state index in [2.05, 4.69) is 4.98 Å². The van der Waals surface area contributed by atoms with Crippen molar-refractivity contribution in [2.45, 2.75) is 25.7 Å². The second-order valence-corrected chi connectivity index (χ2v) is 8.76. The highest BCUT2D eigenvalue weighted by Gasteiger charge is 2.27. The molecule has 29 heavy (non-hydrogen) atoms. The van der Waals surface area contributed by atoms with Crippen molar-refractivity contribution in [3.05, 3.63) is 58.2 Å². The molecule has 0 radical (unpaired) electrons. The van der Waals surface area contributed by atoms with Crippen LogP contribution in [-0.4, -0.2) is 52.9 Å². The van der Waals surface area contributed by atoms with E-state index in [1.54, 1.807) is 23.7 Å². The Kier molecular flexibility index (Phi) is 5.58. The van der Waals surface area contributed by atoms with Gasteiger partial charge in [-0.2, -0.15) is 0 Å². The van der Waals surface area contributed by atoms with Crippen LogP contribution in [0.5, 0.6) is 0 Å². The predicted molar refractivity (Wildman–Crippen MR) is 117 cm³/mol. The van der Waals surface area contributed by atoms with E-state index in [4.69, 9.17) is 9.97 Å². The molecule has 4 heterocycles. The van der Waals surface area contributed by atoms with Crippen LogP contribution >= 0.6 is 11.3 Å². The summed E-state index contributed by atoms with van der Waals surface area (Å²) in [6, 6.07) is 7.89. The third-order valence-electron chi connectivity index (χ3n) is 5.21. The Morgan fingerprint density at radius 1 is 1.28 bits per heavy atom. The molecule has 3 aromatic heterocycles. The van der Waals surface area contributed by atoms with Crippen LogP contribution in [0.2, 0.25) is 0 Å². The van der Waals surface area contributed by atoms with E-state index in [0.717, 1.165) is 46.9 Å². The standard InChI is InChI=1S/C22H25N5OS/c1-15-10-18(14-29-15)22(28)27-9-5-7-17(13-27)19-11-20(26(2)3)25-21(24-19)16-6-4-8-23-12-16/h4,6,8,10-12,14,17H,5,7,9,13H2,1-3H3/t17-/m1/s1. The summed E-state index contributed by atoms with van der Waals surface area (Å²) in [7, 11) is 3.96. The van der Waals surface area contributed by atoms with Gasteiger partial charge in [-0.05, 0) is 38.0 Å². The van der Waals surface area contributed by atoms with E-state index in [1.807, 2.05) is 60.5 Å². The molecule has 1 atom stereocenters. The minimum atomic E-state index is 0.119. The number of thiophene rings is 1. The first kappa shape index (κ1) is 19.5. The van der Waals surface area contributed by atoms with Crippen LogP contribution in [-0.2, 0) is 0 Å². The fraction of sp³-hybridized carbons (Fsp3) is 0.364. The van der Waals surface area contributed by atoms with Gasteiger partial charge in [0.25, 0.3) is 5.91 Å². The van der Waals surface area contributed by atoms with Gasteiger partial charge in [0.05, 0.1) is 11.3 Å². The van der Waals surface area contributed by atoms with E-state index < -0.39 is 0 Å². The van der Waals surface area contributed by atoms with Gasteiger partial charge in [0.1, 0.15) is 5.82 Å². The highest BCUT2D eigenvalue weighted by molar-refractivity contribution is 7.10.